The average Bonchev–Trinajstić information content (AvgIpc) is 2.67. The molecule has 2 rings (SSSR count). The summed E-state index contributed by atoms with van der Waals surface area (Å²) < 4.78 is 0. The molecule has 1 fully saturated rings. The number of nitrogen functional groups attached to an aromatic ring is 1. The van der Waals surface area contributed by atoms with Crippen molar-refractivity contribution in [3.05, 3.63) is 6.07 Å². The zero-order valence-corrected chi connectivity index (χ0v) is 11.3. The third-order valence-corrected chi connectivity index (χ3v) is 3.65. The van der Waals surface area contributed by atoms with Crippen molar-refractivity contribution in [2.45, 2.75) is 31.5 Å². The van der Waals surface area contributed by atoms with Gasteiger partial charge in [0.1, 0.15) is 11.6 Å². The van der Waals surface area contributed by atoms with E-state index in [1.165, 1.54) is 18.2 Å². The molecule has 0 bridgehead atoms. The number of hydrogen-bond donors (Lipinski definition) is 2. The quantitative estimate of drug-likeness (QED) is 0.370. The highest BCUT2D eigenvalue weighted by molar-refractivity contribution is 7.98. The molecule has 5 nitrogen and oxygen atoms in total. The van der Waals surface area contributed by atoms with E-state index in [-0.39, 0.29) is 0 Å². The summed E-state index contributed by atoms with van der Waals surface area (Å²) in [4.78, 5) is 11.2. The summed E-state index contributed by atoms with van der Waals surface area (Å²) in [6.45, 7) is 5.56. The van der Waals surface area contributed by atoms with Gasteiger partial charge in [0.05, 0.1) is 0 Å². The molecule has 94 valence electrons. The van der Waals surface area contributed by atoms with Crippen molar-refractivity contribution in [1.29, 1.82) is 0 Å². The third kappa shape index (κ3) is 2.63. The summed E-state index contributed by atoms with van der Waals surface area (Å²) in [5.74, 6) is 7.79. The summed E-state index contributed by atoms with van der Waals surface area (Å²) in [5.41, 5.74) is 2.60. The van der Waals surface area contributed by atoms with E-state index in [0.717, 1.165) is 17.5 Å². The topological polar surface area (TPSA) is 67.1 Å². The number of aromatic nitrogens is 2. The number of nitrogens with two attached hydrogens (primary N) is 1. The predicted molar refractivity (Wildman–Crippen MR) is 72.2 cm³/mol. The van der Waals surface area contributed by atoms with Crippen LogP contribution in [0.15, 0.2) is 11.2 Å². The number of hydrogen-bond acceptors (Lipinski definition) is 6. The number of nitrogens with zero attached hydrogens (tertiary/aromatic N) is 3. The van der Waals surface area contributed by atoms with Crippen molar-refractivity contribution < 1.29 is 0 Å². The lowest BCUT2D eigenvalue weighted by Gasteiger charge is -2.23. The minimum atomic E-state index is 0.528. The molecule has 0 saturated carbocycles. The van der Waals surface area contributed by atoms with Gasteiger partial charge in [-0.1, -0.05) is 18.7 Å². The Balaban J connectivity index is 2.31. The predicted octanol–water partition coefficient (Wildman–Crippen LogP) is 1.72. The monoisotopic (exact) mass is 253 g/mol. The van der Waals surface area contributed by atoms with E-state index in [2.05, 4.69) is 34.1 Å². The summed E-state index contributed by atoms with van der Waals surface area (Å²) in [6.07, 6.45) is 3.18. The molecule has 1 aromatic rings. The molecule has 17 heavy (non-hydrogen) atoms. The number of hydrazine groups is 1. The van der Waals surface area contributed by atoms with Crippen LogP contribution in [-0.2, 0) is 0 Å². The Bertz CT molecular complexity index is 375. The standard InChI is InChI=1S/C11H19N5S/c1-7-4-8(2)16(6-7)10-5-9(15-12)13-11(14-10)17-3/h5,7-8H,4,6,12H2,1-3H3,(H,13,14,15). The highest BCUT2D eigenvalue weighted by Gasteiger charge is 2.27. The highest BCUT2D eigenvalue weighted by Crippen LogP contribution is 2.29. The van der Waals surface area contributed by atoms with Crippen LogP contribution in [0.25, 0.3) is 0 Å². The molecule has 3 N–H and O–H groups in total. The fraction of sp³-hybridized carbons (Fsp3) is 0.636. The molecular weight excluding hydrogens is 234 g/mol. The second-order valence-corrected chi connectivity index (χ2v) is 5.36. The van der Waals surface area contributed by atoms with Crippen molar-refractivity contribution in [2.75, 3.05) is 23.1 Å². The summed E-state index contributed by atoms with van der Waals surface area (Å²) in [7, 11) is 0. The first-order valence-electron chi connectivity index (χ1n) is 5.80. The molecule has 0 aliphatic carbocycles. The first-order chi connectivity index (χ1) is 8.13. The third-order valence-electron chi connectivity index (χ3n) is 3.10. The summed E-state index contributed by atoms with van der Waals surface area (Å²) in [6, 6.07) is 2.44. The molecule has 1 saturated heterocycles. The Hall–Kier alpha value is -1.01. The van der Waals surface area contributed by atoms with E-state index in [0.29, 0.717) is 17.8 Å². The number of rotatable bonds is 3. The molecule has 2 unspecified atom stereocenters. The van der Waals surface area contributed by atoms with Crippen LogP contribution in [0.4, 0.5) is 11.6 Å². The molecule has 0 amide bonds. The second kappa shape index (κ2) is 5.10. The van der Waals surface area contributed by atoms with Gasteiger partial charge in [0.25, 0.3) is 0 Å². The van der Waals surface area contributed by atoms with Gasteiger partial charge >= 0.3 is 0 Å². The van der Waals surface area contributed by atoms with Gasteiger partial charge in [0.15, 0.2) is 5.16 Å². The Labute approximate surface area is 106 Å². The van der Waals surface area contributed by atoms with Crippen molar-refractivity contribution >= 4 is 23.4 Å². The maximum atomic E-state index is 5.43. The minimum absolute atomic E-state index is 0.528. The molecule has 0 aromatic carbocycles. The Morgan fingerprint density at radius 1 is 1.47 bits per heavy atom. The summed E-state index contributed by atoms with van der Waals surface area (Å²) >= 11 is 1.53. The van der Waals surface area contributed by atoms with Crippen LogP contribution in [-0.4, -0.2) is 28.8 Å². The van der Waals surface area contributed by atoms with Gasteiger partial charge < -0.3 is 10.3 Å². The first kappa shape index (κ1) is 12.4. The maximum Gasteiger partial charge on any atom is 0.191 e. The van der Waals surface area contributed by atoms with Gasteiger partial charge in [-0.05, 0) is 25.5 Å². The van der Waals surface area contributed by atoms with Crippen LogP contribution in [0.1, 0.15) is 20.3 Å². The normalized spacial score (nSPS) is 24.1. The minimum Gasteiger partial charge on any atom is -0.353 e. The van der Waals surface area contributed by atoms with E-state index in [1.54, 1.807) is 0 Å². The molecule has 0 radical (unpaired) electrons. The molecule has 6 heteroatoms. The van der Waals surface area contributed by atoms with Crippen molar-refractivity contribution in [3.63, 3.8) is 0 Å². The van der Waals surface area contributed by atoms with Crippen LogP contribution >= 0.6 is 11.8 Å². The molecular formula is C11H19N5S. The van der Waals surface area contributed by atoms with Gasteiger partial charge in [0.2, 0.25) is 0 Å². The smallest absolute Gasteiger partial charge is 0.191 e. The molecule has 1 aromatic heterocycles. The molecule has 2 atom stereocenters. The van der Waals surface area contributed by atoms with Crippen molar-refractivity contribution in [1.82, 2.24) is 9.97 Å². The molecule has 1 aliphatic heterocycles. The maximum absolute atomic E-state index is 5.43. The highest BCUT2D eigenvalue weighted by atomic mass is 32.2. The van der Waals surface area contributed by atoms with E-state index in [4.69, 9.17) is 5.84 Å². The second-order valence-electron chi connectivity index (χ2n) is 4.58. The van der Waals surface area contributed by atoms with Crippen LogP contribution in [0.3, 0.4) is 0 Å². The van der Waals surface area contributed by atoms with Crippen LogP contribution < -0.4 is 16.2 Å². The van der Waals surface area contributed by atoms with Crippen molar-refractivity contribution in [3.8, 4) is 0 Å². The Morgan fingerprint density at radius 3 is 2.76 bits per heavy atom. The molecule has 0 spiro atoms. The van der Waals surface area contributed by atoms with Gasteiger partial charge in [-0.25, -0.2) is 15.8 Å². The number of anilines is 2. The van der Waals surface area contributed by atoms with Crippen LogP contribution in [0.2, 0.25) is 0 Å². The lowest BCUT2D eigenvalue weighted by Crippen LogP contribution is -2.28. The van der Waals surface area contributed by atoms with E-state index in [1.807, 2.05) is 12.3 Å². The lowest BCUT2D eigenvalue weighted by atomic mass is 10.1. The van der Waals surface area contributed by atoms with Crippen molar-refractivity contribution in [2.24, 2.45) is 11.8 Å². The van der Waals surface area contributed by atoms with Gasteiger partial charge in [-0.3, -0.25) is 0 Å². The van der Waals surface area contributed by atoms with Gasteiger partial charge in [-0.2, -0.15) is 0 Å². The summed E-state index contributed by atoms with van der Waals surface area (Å²) in [5, 5.41) is 0.752. The van der Waals surface area contributed by atoms with Gasteiger partial charge in [-0.15, -0.1) is 0 Å². The SMILES string of the molecule is CSc1nc(NN)cc(N2CC(C)CC2C)n1. The van der Waals surface area contributed by atoms with Gasteiger partial charge in [0, 0.05) is 18.7 Å². The van der Waals surface area contributed by atoms with E-state index in [9.17, 15) is 0 Å². The number of thioether (sulfide) groups is 1. The zero-order valence-electron chi connectivity index (χ0n) is 10.5. The first-order valence-corrected chi connectivity index (χ1v) is 7.03. The zero-order chi connectivity index (χ0) is 12.4. The number of nitrogens with one attached hydrogen (secondary N) is 1. The van der Waals surface area contributed by atoms with E-state index >= 15 is 0 Å². The average molecular weight is 253 g/mol. The fourth-order valence-electron chi connectivity index (χ4n) is 2.34. The largest absolute Gasteiger partial charge is 0.353 e. The van der Waals surface area contributed by atoms with E-state index < -0.39 is 0 Å². The lowest BCUT2D eigenvalue weighted by molar-refractivity contribution is 0.625. The van der Waals surface area contributed by atoms with Crippen LogP contribution in [0.5, 0.6) is 0 Å². The fourth-order valence-corrected chi connectivity index (χ4v) is 2.72. The Kier molecular flexibility index (Phi) is 3.73. The molecule has 2 heterocycles. The molecule has 1 aliphatic rings. The van der Waals surface area contributed by atoms with Crippen LogP contribution in [0, 0.1) is 5.92 Å². The Morgan fingerprint density at radius 2 is 2.24 bits per heavy atom.